The molecule has 1 aliphatic rings. The number of morpholine rings is 1. The van der Waals surface area contributed by atoms with Crippen LogP contribution < -0.4 is 4.90 Å². The zero-order valence-electron chi connectivity index (χ0n) is 13.7. The van der Waals surface area contributed by atoms with Crippen LogP contribution in [-0.2, 0) is 17.4 Å². The number of fused-ring (bicyclic) bond motifs is 1. The first-order valence-electron chi connectivity index (χ1n) is 7.98. The van der Waals surface area contributed by atoms with Gasteiger partial charge in [0.2, 0.25) is 0 Å². The van der Waals surface area contributed by atoms with Crippen LogP contribution in [0.5, 0.6) is 0 Å². The van der Waals surface area contributed by atoms with E-state index in [9.17, 15) is 4.39 Å². The third-order valence-electron chi connectivity index (χ3n) is 4.63. The van der Waals surface area contributed by atoms with Gasteiger partial charge < -0.3 is 9.64 Å². The van der Waals surface area contributed by atoms with E-state index in [4.69, 9.17) is 4.74 Å². The highest BCUT2D eigenvalue weighted by Crippen LogP contribution is 2.34. The SMILES string of the molecule is Cn1cc(C2(C)CN(c3ccnc4c(F)cccc34)CCO2)cn1. The average Bonchev–Trinajstić information content (AvgIpc) is 3.02. The average molecular weight is 326 g/mol. The Hall–Kier alpha value is -2.47. The minimum Gasteiger partial charge on any atom is -0.367 e. The highest BCUT2D eigenvalue weighted by molar-refractivity contribution is 5.91. The number of aryl methyl sites for hydroxylation is 1. The van der Waals surface area contributed by atoms with Gasteiger partial charge in [-0.15, -0.1) is 0 Å². The molecule has 1 aromatic carbocycles. The first-order valence-corrected chi connectivity index (χ1v) is 7.98. The molecule has 2 aromatic heterocycles. The molecule has 124 valence electrons. The van der Waals surface area contributed by atoms with Crippen molar-refractivity contribution in [2.45, 2.75) is 12.5 Å². The van der Waals surface area contributed by atoms with Crippen LogP contribution in [0.25, 0.3) is 10.9 Å². The van der Waals surface area contributed by atoms with Crippen LogP contribution in [-0.4, -0.2) is 34.5 Å². The molecule has 1 saturated heterocycles. The smallest absolute Gasteiger partial charge is 0.149 e. The molecule has 1 fully saturated rings. The quantitative estimate of drug-likeness (QED) is 0.726. The maximum atomic E-state index is 14.0. The Morgan fingerprint density at radius 3 is 2.96 bits per heavy atom. The number of aromatic nitrogens is 3. The predicted molar refractivity (Wildman–Crippen MR) is 90.4 cm³/mol. The van der Waals surface area contributed by atoms with Crippen molar-refractivity contribution in [1.82, 2.24) is 14.8 Å². The molecular weight excluding hydrogens is 307 g/mol. The first-order chi connectivity index (χ1) is 11.6. The fourth-order valence-corrected chi connectivity index (χ4v) is 3.35. The topological polar surface area (TPSA) is 43.2 Å². The summed E-state index contributed by atoms with van der Waals surface area (Å²) in [5, 5.41) is 5.08. The van der Waals surface area contributed by atoms with Crippen molar-refractivity contribution < 1.29 is 9.13 Å². The lowest BCUT2D eigenvalue weighted by atomic mass is 9.96. The number of nitrogens with zero attached hydrogens (tertiary/aromatic N) is 4. The third kappa shape index (κ3) is 2.43. The minimum absolute atomic E-state index is 0.294. The van der Waals surface area contributed by atoms with Gasteiger partial charge in [0.25, 0.3) is 0 Å². The molecule has 1 unspecified atom stereocenters. The maximum absolute atomic E-state index is 14.0. The van der Waals surface area contributed by atoms with Crippen LogP contribution in [0, 0.1) is 5.82 Å². The normalized spacial score (nSPS) is 21.4. The van der Waals surface area contributed by atoms with Gasteiger partial charge in [0.05, 0.1) is 19.3 Å². The van der Waals surface area contributed by atoms with E-state index in [1.165, 1.54) is 6.07 Å². The van der Waals surface area contributed by atoms with Gasteiger partial charge in [-0.25, -0.2) is 4.39 Å². The molecule has 0 saturated carbocycles. The van der Waals surface area contributed by atoms with Crippen LogP contribution in [0.1, 0.15) is 12.5 Å². The Labute approximate surface area is 139 Å². The molecule has 0 aliphatic carbocycles. The minimum atomic E-state index is -0.449. The van der Waals surface area contributed by atoms with Crippen molar-refractivity contribution in [3.8, 4) is 0 Å². The molecule has 0 radical (unpaired) electrons. The van der Waals surface area contributed by atoms with Gasteiger partial charge in [-0.1, -0.05) is 12.1 Å². The van der Waals surface area contributed by atoms with Crippen molar-refractivity contribution in [1.29, 1.82) is 0 Å². The Kier molecular flexibility index (Phi) is 3.49. The van der Waals surface area contributed by atoms with Gasteiger partial charge in [0.15, 0.2) is 0 Å². The second kappa shape index (κ2) is 5.56. The Balaban J connectivity index is 1.74. The molecule has 0 amide bonds. The molecule has 0 N–H and O–H groups in total. The predicted octanol–water partition coefficient (Wildman–Crippen LogP) is 2.86. The summed E-state index contributed by atoms with van der Waals surface area (Å²) in [6.45, 7) is 4.10. The monoisotopic (exact) mass is 326 g/mol. The second-order valence-electron chi connectivity index (χ2n) is 6.37. The number of hydrogen-bond donors (Lipinski definition) is 0. The van der Waals surface area contributed by atoms with Gasteiger partial charge in [0, 0.05) is 42.6 Å². The summed E-state index contributed by atoms with van der Waals surface area (Å²) in [6, 6.07) is 7.02. The van der Waals surface area contributed by atoms with E-state index in [0.717, 1.165) is 23.2 Å². The van der Waals surface area contributed by atoms with E-state index >= 15 is 0 Å². The summed E-state index contributed by atoms with van der Waals surface area (Å²) in [6.07, 6.45) is 5.49. The van der Waals surface area contributed by atoms with Gasteiger partial charge in [0.1, 0.15) is 16.9 Å². The maximum Gasteiger partial charge on any atom is 0.149 e. The zero-order valence-corrected chi connectivity index (χ0v) is 13.7. The van der Waals surface area contributed by atoms with E-state index in [1.54, 1.807) is 16.9 Å². The molecular formula is C18H19FN4O. The van der Waals surface area contributed by atoms with Crippen molar-refractivity contribution >= 4 is 16.6 Å². The largest absolute Gasteiger partial charge is 0.367 e. The van der Waals surface area contributed by atoms with E-state index in [1.807, 2.05) is 31.6 Å². The summed E-state index contributed by atoms with van der Waals surface area (Å²) in [4.78, 5) is 6.42. The lowest BCUT2D eigenvalue weighted by Crippen LogP contribution is -2.48. The van der Waals surface area contributed by atoms with E-state index in [-0.39, 0.29) is 5.82 Å². The lowest BCUT2D eigenvalue weighted by Gasteiger charge is -2.41. The van der Waals surface area contributed by atoms with Crippen molar-refractivity contribution in [2.24, 2.45) is 7.05 Å². The van der Waals surface area contributed by atoms with E-state index < -0.39 is 5.60 Å². The number of rotatable bonds is 2. The summed E-state index contributed by atoms with van der Waals surface area (Å²) in [7, 11) is 1.90. The first kappa shape index (κ1) is 15.1. The van der Waals surface area contributed by atoms with Crippen LogP contribution in [0.4, 0.5) is 10.1 Å². The highest BCUT2D eigenvalue weighted by Gasteiger charge is 2.35. The number of pyridine rings is 1. The number of halogens is 1. The molecule has 0 bridgehead atoms. The number of ether oxygens (including phenoxy) is 1. The third-order valence-corrected chi connectivity index (χ3v) is 4.63. The number of anilines is 1. The molecule has 3 aromatic rings. The van der Waals surface area contributed by atoms with Gasteiger partial charge >= 0.3 is 0 Å². The van der Waals surface area contributed by atoms with Crippen LogP contribution >= 0.6 is 0 Å². The Bertz CT molecular complexity index is 894. The van der Waals surface area contributed by atoms with E-state index in [0.29, 0.717) is 18.7 Å². The number of hydrogen-bond acceptors (Lipinski definition) is 4. The Morgan fingerprint density at radius 1 is 1.29 bits per heavy atom. The highest BCUT2D eigenvalue weighted by atomic mass is 19.1. The summed E-state index contributed by atoms with van der Waals surface area (Å²) in [5.74, 6) is -0.294. The molecule has 6 heteroatoms. The molecule has 3 heterocycles. The molecule has 24 heavy (non-hydrogen) atoms. The Morgan fingerprint density at radius 2 is 2.17 bits per heavy atom. The summed E-state index contributed by atoms with van der Waals surface area (Å²) in [5.41, 5.74) is 1.98. The molecule has 5 nitrogen and oxygen atoms in total. The van der Waals surface area contributed by atoms with Gasteiger partial charge in [-0.05, 0) is 19.1 Å². The molecule has 1 aliphatic heterocycles. The van der Waals surface area contributed by atoms with Crippen LogP contribution in [0.2, 0.25) is 0 Å². The molecule has 0 spiro atoms. The number of benzene rings is 1. The standard InChI is InChI=1S/C18H19FN4O/c1-18(13-10-21-22(2)11-13)12-23(8-9-24-18)16-6-7-20-17-14(16)4-3-5-15(17)19/h3-7,10-11H,8-9,12H2,1-2H3. The summed E-state index contributed by atoms with van der Waals surface area (Å²) >= 11 is 0. The van der Waals surface area contributed by atoms with Crippen molar-refractivity contribution in [2.75, 3.05) is 24.6 Å². The fraction of sp³-hybridized carbons (Fsp3) is 0.333. The zero-order chi connectivity index (χ0) is 16.7. The molecule has 1 atom stereocenters. The van der Waals surface area contributed by atoms with E-state index in [2.05, 4.69) is 21.9 Å². The fourth-order valence-electron chi connectivity index (χ4n) is 3.35. The van der Waals surface area contributed by atoms with Crippen molar-refractivity contribution in [3.05, 3.63) is 54.2 Å². The molecule has 4 rings (SSSR count). The van der Waals surface area contributed by atoms with Crippen LogP contribution in [0.15, 0.2) is 42.9 Å². The van der Waals surface area contributed by atoms with Gasteiger partial charge in [-0.2, -0.15) is 5.10 Å². The van der Waals surface area contributed by atoms with Gasteiger partial charge in [-0.3, -0.25) is 9.67 Å². The summed E-state index contributed by atoms with van der Waals surface area (Å²) < 4.78 is 21.9. The lowest BCUT2D eigenvalue weighted by molar-refractivity contribution is -0.0465. The van der Waals surface area contributed by atoms with Crippen LogP contribution in [0.3, 0.4) is 0 Å². The number of para-hydroxylation sites is 1. The van der Waals surface area contributed by atoms with Crippen molar-refractivity contribution in [3.63, 3.8) is 0 Å². The second-order valence-corrected chi connectivity index (χ2v) is 6.37.